The summed E-state index contributed by atoms with van der Waals surface area (Å²) >= 11 is 3.62. The third kappa shape index (κ3) is 33.7. The molecule has 0 aromatic rings. The summed E-state index contributed by atoms with van der Waals surface area (Å²) in [7, 11) is 0. The molecule has 0 bridgehead atoms. The van der Waals surface area contributed by atoms with E-state index >= 15 is 0 Å². The number of thioether (sulfide) groups is 2. The summed E-state index contributed by atoms with van der Waals surface area (Å²) in [6.45, 7) is 8.69. The summed E-state index contributed by atoms with van der Waals surface area (Å²) in [5.74, 6) is 1.30. The van der Waals surface area contributed by atoms with Crippen LogP contribution in [0.25, 0.3) is 0 Å². The zero-order valence-corrected chi connectivity index (χ0v) is 14.9. The smallest absolute Gasteiger partial charge is 0.333 e. The fourth-order valence-electron chi connectivity index (χ4n) is 0.753. The number of aliphatic hydroxyl groups excluding tert-OH is 1. The topological polar surface area (TPSA) is 147 Å². The van der Waals surface area contributed by atoms with Gasteiger partial charge in [0.15, 0.2) is 6.10 Å². The molecule has 136 valence electrons. The van der Waals surface area contributed by atoms with Crippen LogP contribution in [0.3, 0.4) is 0 Å². The Labute approximate surface area is 146 Å². The van der Waals surface area contributed by atoms with E-state index in [1.165, 1.54) is 0 Å². The van der Waals surface area contributed by atoms with Crippen LogP contribution in [0.15, 0.2) is 25.3 Å². The van der Waals surface area contributed by atoms with E-state index in [9.17, 15) is 9.59 Å². The fourth-order valence-corrected chi connectivity index (χ4v) is 1.75. The molecule has 7 N–H and O–H groups in total. The first-order valence-electron chi connectivity index (χ1n) is 6.77. The zero-order valence-electron chi connectivity index (χ0n) is 13.2. The number of carboxylic acid groups (broad SMARTS) is 2. The van der Waals surface area contributed by atoms with Gasteiger partial charge in [-0.1, -0.05) is 12.2 Å². The Balaban J connectivity index is -0.000000264. The molecule has 0 radical (unpaired) electrons. The second kappa shape index (κ2) is 23.3. The highest BCUT2D eigenvalue weighted by Crippen LogP contribution is 1.95. The molecule has 0 aliphatic heterocycles. The molecule has 0 aromatic carbocycles. The van der Waals surface area contributed by atoms with Gasteiger partial charge in [0.25, 0.3) is 0 Å². The van der Waals surface area contributed by atoms with Crippen molar-refractivity contribution in [3.05, 3.63) is 25.3 Å². The molecule has 9 heteroatoms. The molecule has 23 heavy (non-hydrogen) atoms. The van der Waals surface area contributed by atoms with Gasteiger partial charge < -0.3 is 26.8 Å². The third-order valence-electron chi connectivity index (χ3n) is 1.65. The summed E-state index contributed by atoms with van der Waals surface area (Å²) in [4.78, 5) is 19.4. The van der Waals surface area contributed by atoms with Crippen molar-refractivity contribution < 1.29 is 24.9 Å². The molecule has 0 aromatic heterocycles. The number of hydrogen-bond acceptors (Lipinski definition) is 7. The van der Waals surface area contributed by atoms with Crippen molar-refractivity contribution in [2.24, 2.45) is 11.5 Å². The minimum atomic E-state index is -1.79. The molecule has 0 fully saturated rings. The van der Waals surface area contributed by atoms with Crippen LogP contribution < -0.4 is 11.5 Å². The molecular formula is C14H28N2O5S2. The highest BCUT2D eigenvalue weighted by molar-refractivity contribution is 7.99. The molecule has 0 saturated heterocycles. The van der Waals surface area contributed by atoms with Gasteiger partial charge in [-0.2, -0.15) is 23.5 Å². The van der Waals surface area contributed by atoms with E-state index in [4.69, 9.17) is 26.8 Å². The predicted molar refractivity (Wildman–Crippen MR) is 99.0 cm³/mol. The van der Waals surface area contributed by atoms with E-state index in [-0.39, 0.29) is 0 Å². The molecule has 0 aliphatic carbocycles. The van der Waals surface area contributed by atoms with Crippen LogP contribution in [0.1, 0.15) is 6.42 Å². The number of aliphatic carboxylic acids is 2. The quantitative estimate of drug-likeness (QED) is 0.262. The van der Waals surface area contributed by atoms with Crippen molar-refractivity contribution in [2.45, 2.75) is 12.5 Å². The van der Waals surface area contributed by atoms with Gasteiger partial charge >= 0.3 is 11.9 Å². The van der Waals surface area contributed by atoms with E-state index in [0.717, 1.165) is 36.1 Å². The molecule has 1 atom stereocenters. The molecule has 0 rings (SSSR count). The first-order chi connectivity index (χ1) is 10.9. The molecule has 7 nitrogen and oxygen atoms in total. The number of rotatable bonds is 11. The average molecular weight is 369 g/mol. The van der Waals surface area contributed by atoms with Crippen LogP contribution in [0.5, 0.6) is 0 Å². The molecule has 0 saturated carbocycles. The maximum atomic E-state index is 9.72. The van der Waals surface area contributed by atoms with Gasteiger partial charge in [-0.25, -0.2) is 4.79 Å². The predicted octanol–water partition coefficient (Wildman–Crippen LogP) is 0.635. The Bertz CT molecular complexity index is 304. The van der Waals surface area contributed by atoms with E-state index in [0.29, 0.717) is 0 Å². The Morgan fingerprint density at radius 2 is 1.39 bits per heavy atom. The Morgan fingerprint density at radius 3 is 1.57 bits per heavy atom. The van der Waals surface area contributed by atoms with Crippen LogP contribution >= 0.6 is 23.5 Å². The zero-order chi connectivity index (χ0) is 18.5. The average Bonchev–Trinajstić information content (AvgIpc) is 2.49. The first kappa shape index (κ1) is 26.9. The van der Waals surface area contributed by atoms with E-state index in [1.807, 2.05) is 35.7 Å². The maximum Gasteiger partial charge on any atom is 0.333 e. The number of carboxylic acids is 2. The van der Waals surface area contributed by atoms with Gasteiger partial charge in [0.1, 0.15) is 0 Å². The van der Waals surface area contributed by atoms with Gasteiger partial charge in [-0.3, -0.25) is 4.79 Å². The highest BCUT2D eigenvalue weighted by atomic mass is 32.2. The molecule has 1 unspecified atom stereocenters. The van der Waals surface area contributed by atoms with Crippen LogP contribution in [0.4, 0.5) is 0 Å². The summed E-state index contributed by atoms with van der Waals surface area (Å²) < 4.78 is 0. The van der Waals surface area contributed by atoms with Crippen LogP contribution in [0.2, 0.25) is 0 Å². The van der Waals surface area contributed by atoms with E-state index in [1.54, 1.807) is 0 Å². The maximum absolute atomic E-state index is 9.72. The highest BCUT2D eigenvalue weighted by Gasteiger charge is 2.16. The normalized spacial score (nSPS) is 10.2. The van der Waals surface area contributed by atoms with E-state index in [2.05, 4.69) is 13.2 Å². The summed E-state index contributed by atoms with van der Waals surface area (Å²) in [6.07, 6.45) is 1.23. The van der Waals surface area contributed by atoms with Crippen molar-refractivity contribution in [2.75, 3.05) is 36.1 Å². The van der Waals surface area contributed by atoms with Gasteiger partial charge in [-0.15, -0.1) is 13.2 Å². The molecule has 0 heterocycles. The summed E-state index contributed by atoms with van der Waals surface area (Å²) in [6, 6.07) is 0. The van der Waals surface area contributed by atoms with Crippen LogP contribution in [-0.2, 0) is 9.59 Å². The van der Waals surface area contributed by atoms with Crippen molar-refractivity contribution in [1.29, 1.82) is 0 Å². The van der Waals surface area contributed by atoms with Gasteiger partial charge in [0.2, 0.25) is 0 Å². The SMILES string of the molecule is C=CCSCCN.C=CCSCCN.O=C(O)CC(O)C(=O)O. The summed E-state index contributed by atoms with van der Waals surface area (Å²) in [5, 5.41) is 24.1. The lowest BCUT2D eigenvalue weighted by Crippen LogP contribution is -2.22. The fraction of sp³-hybridized carbons (Fsp3) is 0.571. The van der Waals surface area contributed by atoms with Crippen molar-refractivity contribution in [1.82, 2.24) is 0 Å². The molecule has 0 amide bonds. The number of hydrogen-bond donors (Lipinski definition) is 5. The van der Waals surface area contributed by atoms with Crippen molar-refractivity contribution in [3.8, 4) is 0 Å². The minimum absolute atomic E-state index is 0.755. The summed E-state index contributed by atoms with van der Waals surface area (Å²) in [5.41, 5.74) is 10.4. The number of carbonyl (C=O) groups is 2. The monoisotopic (exact) mass is 368 g/mol. The minimum Gasteiger partial charge on any atom is -0.481 e. The van der Waals surface area contributed by atoms with Crippen LogP contribution in [0, 0.1) is 0 Å². The second-order valence-electron chi connectivity index (χ2n) is 3.76. The molecule has 0 spiro atoms. The van der Waals surface area contributed by atoms with Gasteiger partial charge in [0, 0.05) is 36.1 Å². The van der Waals surface area contributed by atoms with Crippen molar-refractivity contribution in [3.63, 3.8) is 0 Å². The van der Waals surface area contributed by atoms with Gasteiger partial charge in [-0.05, 0) is 0 Å². The lowest BCUT2D eigenvalue weighted by atomic mass is 10.3. The van der Waals surface area contributed by atoms with Gasteiger partial charge in [0.05, 0.1) is 6.42 Å². The Morgan fingerprint density at radius 1 is 1.00 bits per heavy atom. The standard InChI is InChI=1S/2C5H11NS.C4H6O5/c2*1-2-4-7-5-3-6;5-2(4(8)9)1-3(6)7/h2*2H,1,3-6H2;2,5H,1H2,(H,6,7)(H,8,9). The molecule has 0 aliphatic rings. The largest absolute Gasteiger partial charge is 0.481 e. The number of aliphatic hydroxyl groups is 1. The first-order valence-corrected chi connectivity index (χ1v) is 9.08. The van der Waals surface area contributed by atoms with E-state index < -0.39 is 24.5 Å². The Kier molecular flexibility index (Phi) is 27.2. The Hall–Kier alpha value is -1.00. The second-order valence-corrected chi connectivity index (χ2v) is 6.06. The number of nitrogens with two attached hydrogens (primary N) is 2. The van der Waals surface area contributed by atoms with Crippen molar-refractivity contribution >= 4 is 35.5 Å². The van der Waals surface area contributed by atoms with Crippen LogP contribution in [-0.4, -0.2) is 69.5 Å². The third-order valence-corrected chi connectivity index (χ3v) is 3.64. The lowest BCUT2D eigenvalue weighted by molar-refractivity contribution is -0.152. The molecular weight excluding hydrogens is 340 g/mol. The lowest BCUT2D eigenvalue weighted by Gasteiger charge is -1.97.